The molecule has 1 N–H and O–H groups in total. The van der Waals surface area contributed by atoms with Crippen LogP contribution in [0.25, 0.3) is 0 Å². The number of aryl methyl sites for hydroxylation is 1. The first-order valence-electron chi connectivity index (χ1n) is 11.1. The highest BCUT2D eigenvalue weighted by Crippen LogP contribution is 2.59. The molecule has 176 valence electrons. The average molecular weight is 468 g/mol. The van der Waals surface area contributed by atoms with E-state index in [1.807, 2.05) is 11.6 Å². The number of halogens is 2. The van der Waals surface area contributed by atoms with Crippen molar-refractivity contribution >= 4 is 18.0 Å². The standard InChI is InChI=1S/C22H22F2N8O2/c1-30-11-25-20-15(3-4-18(20)30)27-21(34)16-9-32(29-28-16)6-12-2-5-19(26-17(12)10-33)31-7-13-14(8-31)22(13,23)24/h2,5,9-11,13-15H,3-4,6-8H2,1H3,(H,27,34)/t13?,14?,15-/m1/s1. The number of alkyl halides is 2. The second-order valence-corrected chi connectivity index (χ2v) is 9.18. The zero-order valence-corrected chi connectivity index (χ0v) is 18.4. The maximum Gasteiger partial charge on any atom is 0.274 e. The predicted octanol–water partition coefficient (Wildman–Crippen LogP) is 1.39. The topological polar surface area (TPSA) is 111 Å². The Hall–Kier alpha value is -3.70. The van der Waals surface area contributed by atoms with Gasteiger partial charge in [-0.2, -0.15) is 0 Å². The minimum Gasteiger partial charge on any atom is -0.356 e. The molecule has 2 fully saturated rings. The normalized spacial score (nSPS) is 24.1. The van der Waals surface area contributed by atoms with Gasteiger partial charge in [-0.1, -0.05) is 11.3 Å². The first kappa shape index (κ1) is 20.9. The summed E-state index contributed by atoms with van der Waals surface area (Å²) in [4.78, 5) is 34.9. The number of hydrogen-bond donors (Lipinski definition) is 1. The van der Waals surface area contributed by atoms with Crippen LogP contribution >= 0.6 is 0 Å². The fourth-order valence-electron chi connectivity index (χ4n) is 5.11. The first-order chi connectivity index (χ1) is 16.3. The molecular formula is C22H22F2N8O2. The number of aromatic nitrogens is 6. The second-order valence-electron chi connectivity index (χ2n) is 9.18. The van der Waals surface area contributed by atoms with Gasteiger partial charge in [-0.05, 0) is 18.9 Å². The molecule has 3 aromatic heterocycles. The number of hydrogen-bond acceptors (Lipinski definition) is 7. The molecule has 0 spiro atoms. The largest absolute Gasteiger partial charge is 0.356 e. The van der Waals surface area contributed by atoms with Crippen LogP contribution in [0.15, 0.2) is 24.7 Å². The average Bonchev–Trinajstić information content (AvgIpc) is 3.46. The molecule has 0 aromatic carbocycles. The van der Waals surface area contributed by atoms with Crippen LogP contribution in [0.5, 0.6) is 0 Å². The summed E-state index contributed by atoms with van der Waals surface area (Å²) in [5.41, 5.74) is 2.97. The monoisotopic (exact) mass is 468 g/mol. The van der Waals surface area contributed by atoms with Crippen LogP contribution in [0.2, 0.25) is 0 Å². The third-order valence-electron chi connectivity index (χ3n) is 7.13. The number of nitrogens with zero attached hydrogens (tertiary/aromatic N) is 7. The minimum absolute atomic E-state index is 0.163. The molecule has 2 aliphatic carbocycles. The number of piperidine rings is 1. The van der Waals surface area contributed by atoms with Crippen LogP contribution in [0.4, 0.5) is 14.6 Å². The number of carbonyl (C=O) groups is 2. The summed E-state index contributed by atoms with van der Waals surface area (Å²) in [5, 5.41) is 10.9. The molecule has 3 atom stereocenters. The van der Waals surface area contributed by atoms with Crippen molar-refractivity contribution in [2.75, 3.05) is 18.0 Å². The van der Waals surface area contributed by atoms with E-state index in [2.05, 4.69) is 25.6 Å². The van der Waals surface area contributed by atoms with E-state index in [0.29, 0.717) is 17.7 Å². The summed E-state index contributed by atoms with van der Waals surface area (Å²) >= 11 is 0. The number of fused-ring (bicyclic) bond motifs is 2. The van der Waals surface area contributed by atoms with E-state index in [1.165, 1.54) is 10.9 Å². The maximum atomic E-state index is 13.5. The molecule has 1 saturated heterocycles. The van der Waals surface area contributed by atoms with Gasteiger partial charge in [-0.25, -0.2) is 23.4 Å². The maximum absolute atomic E-state index is 13.5. The quantitative estimate of drug-likeness (QED) is 0.544. The van der Waals surface area contributed by atoms with Gasteiger partial charge in [0.2, 0.25) is 0 Å². The van der Waals surface area contributed by atoms with E-state index in [4.69, 9.17) is 0 Å². The molecule has 4 heterocycles. The molecule has 3 aliphatic rings. The third kappa shape index (κ3) is 3.27. The van der Waals surface area contributed by atoms with Crippen molar-refractivity contribution < 1.29 is 18.4 Å². The van der Waals surface area contributed by atoms with Gasteiger partial charge in [-0.3, -0.25) is 9.59 Å². The Morgan fingerprint density at radius 1 is 1.29 bits per heavy atom. The summed E-state index contributed by atoms with van der Waals surface area (Å²) in [6.45, 7) is 0.675. The van der Waals surface area contributed by atoms with Gasteiger partial charge >= 0.3 is 0 Å². The van der Waals surface area contributed by atoms with Crippen molar-refractivity contribution in [3.63, 3.8) is 0 Å². The zero-order chi connectivity index (χ0) is 23.6. The molecule has 1 saturated carbocycles. The van der Waals surface area contributed by atoms with Crippen molar-refractivity contribution in [1.82, 2.24) is 34.8 Å². The molecule has 0 radical (unpaired) electrons. The molecule has 10 nitrogen and oxygen atoms in total. The third-order valence-corrected chi connectivity index (χ3v) is 7.13. The molecule has 2 unspecified atom stereocenters. The number of carbonyl (C=O) groups excluding carboxylic acids is 2. The highest BCUT2D eigenvalue weighted by Gasteiger charge is 2.71. The fraction of sp³-hybridized carbons (Fsp3) is 0.455. The first-order valence-corrected chi connectivity index (χ1v) is 11.1. The van der Waals surface area contributed by atoms with E-state index in [1.54, 1.807) is 23.4 Å². The number of rotatable bonds is 6. The molecule has 1 aliphatic heterocycles. The predicted molar refractivity (Wildman–Crippen MR) is 115 cm³/mol. The van der Waals surface area contributed by atoms with Gasteiger partial charge in [0.25, 0.3) is 11.8 Å². The van der Waals surface area contributed by atoms with Gasteiger partial charge in [0, 0.05) is 31.4 Å². The van der Waals surface area contributed by atoms with Gasteiger partial charge in [0.1, 0.15) is 11.5 Å². The highest BCUT2D eigenvalue weighted by molar-refractivity contribution is 5.92. The van der Waals surface area contributed by atoms with Crippen molar-refractivity contribution in [3.8, 4) is 0 Å². The van der Waals surface area contributed by atoms with Crippen LogP contribution < -0.4 is 10.2 Å². The molecule has 3 aromatic rings. The SMILES string of the molecule is Cn1cnc2c1CC[C@H]2NC(=O)c1cn(Cc2ccc(N3CC4C(C3)C4(F)F)nc2C=O)nn1. The van der Waals surface area contributed by atoms with E-state index in [0.717, 1.165) is 24.2 Å². The lowest BCUT2D eigenvalue weighted by Gasteiger charge is -2.21. The zero-order valence-electron chi connectivity index (χ0n) is 18.4. The smallest absolute Gasteiger partial charge is 0.274 e. The Kier molecular flexibility index (Phi) is 4.55. The van der Waals surface area contributed by atoms with E-state index in [-0.39, 0.29) is 43.0 Å². The molecule has 0 bridgehead atoms. The van der Waals surface area contributed by atoms with Crippen LogP contribution in [-0.2, 0) is 20.0 Å². The van der Waals surface area contributed by atoms with Crippen LogP contribution in [-0.4, -0.2) is 60.7 Å². The highest BCUT2D eigenvalue weighted by atomic mass is 19.3. The number of anilines is 1. The van der Waals surface area contributed by atoms with Gasteiger partial charge in [-0.15, -0.1) is 5.10 Å². The van der Waals surface area contributed by atoms with Gasteiger partial charge in [0.15, 0.2) is 12.0 Å². The molecule has 1 amide bonds. The second kappa shape index (κ2) is 7.40. The van der Waals surface area contributed by atoms with Crippen molar-refractivity contribution in [2.24, 2.45) is 18.9 Å². The Morgan fingerprint density at radius 3 is 2.85 bits per heavy atom. The van der Waals surface area contributed by atoms with Gasteiger partial charge < -0.3 is 14.8 Å². The van der Waals surface area contributed by atoms with E-state index in [9.17, 15) is 18.4 Å². The summed E-state index contributed by atoms with van der Waals surface area (Å²) in [5.74, 6) is -3.65. The van der Waals surface area contributed by atoms with Crippen molar-refractivity contribution in [1.29, 1.82) is 0 Å². The van der Waals surface area contributed by atoms with Crippen LogP contribution in [0.3, 0.4) is 0 Å². The Labute approximate surface area is 193 Å². The molecular weight excluding hydrogens is 446 g/mol. The lowest BCUT2D eigenvalue weighted by Crippen LogP contribution is -2.28. The number of imidazole rings is 1. The van der Waals surface area contributed by atoms with Crippen molar-refractivity contribution in [3.05, 3.63) is 53.0 Å². The Balaban J connectivity index is 1.12. The van der Waals surface area contributed by atoms with Crippen molar-refractivity contribution in [2.45, 2.75) is 31.4 Å². The summed E-state index contributed by atoms with van der Waals surface area (Å²) in [6.07, 6.45) is 5.53. The molecule has 34 heavy (non-hydrogen) atoms. The lowest BCUT2D eigenvalue weighted by atomic mass is 10.2. The summed E-state index contributed by atoms with van der Waals surface area (Å²) in [7, 11) is 1.93. The Bertz CT molecular complexity index is 1290. The Morgan fingerprint density at radius 2 is 2.09 bits per heavy atom. The summed E-state index contributed by atoms with van der Waals surface area (Å²) in [6, 6.07) is 3.29. The number of nitrogens with one attached hydrogen (secondary N) is 1. The van der Waals surface area contributed by atoms with Crippen LogP contribution in [0.1, 0.15) is 50.4 Å². The fourth-order valence-corrected chi connectivity index (χ4v) is 5.11. The minimum atomic E-state index is -2.57. The van der Waals surface area contributed by atoms with Gasteiger partial charge in [0.05, 0.1) is 42.6 Å². The molecule has 6 rings (SSSR count). The number of pyridine rings is 1. The molecule has 12 heteroatoms. The number of aldehydes is 1. The van der Waals surface area contributed by atoms with E-state index >= 15 is 0 Å². The lowest BCUT2D eigenvalue weighted by molar-refractivity contribution is 0.0796. The summed E-state index contributed by atoms with van der Waals surface area (Å²) < 4.78 is 30.4. The number of amides is 1. The van der Waals surface area contributed by atoms with Crippen LogP contribution in [0, 0.1) is 11.8 Å². The van der Waals surface area contributed by atoms with E-state index < -0.39 is 17.8 Å².